The second-order valence-corrected chi connectivity index (χ2v) is 5.57. The van der Waals surface area contributed by atoms with E-state index in [4.69, 9.17) is 4.74 Å². The summed E-state index contributed by atoms with van der Waals surface area (Å²) in [5.74, 6) is 0.0222. The number of rotatable bonds is 4. The molecular weight excluding hydrogens is 320 g/mol. The van der Waals surface area contributed by atoms with Crippen LogP contribution in [-0.4, -0.2) is 25.7 Å². The van der Waals surface area contributed by atoms with E-state index in [-0.39, 0.29) is 18.5 Å². The van der Waals surface area contributed by atoms with Gasteiger partial charge >= 0.3 is 5.97 Å². The summed E-state index contributed by atoms with van der Waals surface area (Å²) in [7, 11) is 0. The van der Waals surface area contributed by atoms with Gasteiger partial charge in [0.2, 0.25) is 0 Å². The summed E-state index contributed by atoms with van der Waals surface area (Å²) in [5.41, 5.74) is 1.26. The smallest absolute Gasteiger partial charge is 0.313 e. The fourth-order valence-corrected chi connectivity index (χ4v) is 2.68. The molecule has 4 aromatic rings. The van der Waals surface area contributed by atoms with E-state index < -0.39 is 5.97 Å². The maximum Gasteiger partial charge on any atom is 0.313 e. The number of esters is 1. The van der Waals surface area contributed by atoms with Crippen molar-refractivity contribution in [3.05, 3.63) is 65.3 Å². The minimum atomic E-state index is -0.422. The minimum Gasteiger partial charge on any atom is -0.426 e. The molecule has 25 heavy (non-hydrogen) atoms. The number of fused-ring (bicyclic) bond motifs is 2. The Balaban J connectivity index is 1.50. The molecule has 0 amide bonds. The molecule has 7 heteroatoms. The maximum absolute atomic E-state index is 12.4. The van der Waals surface area contributed by atoms with E-state index in [1.807, 2.05) is 12.1 Å². The Morgan fingerprint density at radius 3 is 2.92 bits per heavy atom. The zero-order chi connectivity index (χ0) is 17.2. The van der Waals surface area contributed by atoms with Crippen LogP contribution in [0.1, 0.15) is 6.42 Å². The standard InChI is InChI=1S/C18H14N4O3/c23-17(25-16-7-3-6-15-13(16)10-20-21-15)8-9-22-11-19-14-5-2-1-4-12(14)18(22)24/h1-7,10-11H,8-9H2,(H,20,21). The number of ether oxygens (including phenoxy) is 1. The molecule has 2 aromatic heterocycles. The predicted octanol–water partition coefficient (Wildman–Crippen LogP) is 2.27. The van der Waals surface area contributed by atoms with Gasteiger partial charge in [0.05, 0.1) is 40.8 Å². The zero-order valence-corrected chi connectivity index (χ0v) is 13.2. The lowest BCUT2D eigenvalue weighted by Crippen LogP contribution is -2.23. The van der Waals surface area contributed by atoms with Gasteiger partial charge in [-0.1, -0.05) is 18.2 Å². The lowest BCUT2D eigenvalue weighted by atomic mass is 10.2. The number of hydrogen-bond acceptors (Lipinski definition) is 5. The number of benzene rings is 2. The lowest BCUT2D eigenvalue weighted by molar-refractivity contribution is -0.134. The Kier molecular flexibility index (Phi) is 3.74. The van der Waals surface area contributed by atoms with E-state index >= 15 is 0 Å². The van der Waals surface area contributed by atoms with Crippen molar-refractivity contribution >= 4 is 27.8 Å². The van der Waals surface area contributed by atoms with Crippen LogP contribution in [0.5, 0.6) is 5.75 Å². The fourth-order valence-electron chi connectivity index (χ4n) is 2.68. The number of aryl methyl sites for hydroxylation is 1. The molecule has 2 heterocycles. The molecule has 4 rings (SSSR count). The number of aromatic nitrogens is 4. The van der Waals surface area contributed by atoms with Crippen LogP contribution in [0.15, 0.2) is 59.8 Å². The van der Waals surface area contributed by atoms with Crippen LogP contribution < -0.4 is 10.3 Å². The van der Waals surface area contributed by atoms with Crippen molar-refractivity contribution < 1.29 is 9.53 Å². The van der Waals surface area contributed by atoms with Crippen LogP contribution in [0.2, 0.25) is 0 Å². The van der Waals surface area contributed by atoms with Gasteiger partial charge in [0.25, 0.3) is 5.56 Å². The summed E-state index contributed by atoms with van der Waals surface area (Å²) in [6.45, 7) is 0.205. The highest BCUT2D eigenvalue weighted by Gasteiger charge is 2.11. The third-order valence-corrected chi connectivity index (χ3v) is 3.96. The molecule has 0 bridgehead atoms. The van der Waals surface area contributed by atoms with Crippen molar-refractivity contribution in [1.82, 2.24) is 19.7 Å². The topological polar surface area (TPSA) is 89.9 Å². The quantitative estimate of drug-likeness (QED) is 0.457. The van der Waals surface area contributed by atoms with Crippen LogP contribution in [0.4, 0.5) is 0 Å². The van der Waals surface area contributed by atoms with E-state index in [0.717, 1.165) is 10.9 Å². The molecule has 0 aliphatic carbocycles. The number of carbonyl (C=O) groups is 1. The number of nitrogens with one attached hydrogen (secondary N) is 1. The van der Waals surface area contributed by atoms with E-state index in [0.29, 0.717) is 16.7 Å². The number of H-pyrrole nitrogens is 1. The van der Waals surface area contributed by atoms with Crippen molar-refractivity contribution in [2.45, 2.75) is 13.0 Å². The molecule has 1 N–H and O–H groups in total. The van der Waals surface area contributed by atoms with Crippen molar-refractivity contribution in [3.63, 3.8) is 0 Å². The Morgan fingerprint density at radius 2 is 2.00 bits per heavy atom. The highest BCUT2D eigenvalue weighted by atomic mass is 16.5. The summed E-state index contributed by atoms with van der Waals surface area (Å²) < 4.78 is 6.82. The van der Waals surface area contributed by atoms with E-state index in [1.54, 1.807) is 36.5 Å². The van der Waals surface area contributed by atoms with Gasteiger partial charge in [-0.25, -0.2) is 4.98 Å². The molecule has 0 fully saturated rings. The minimum absolute atomic E-state index is 0.0637. The highest BCUT2D eigenvalue weighted by Crippen LogP contribution is 2.23. The molecule has 0 aliphatic rings. The number of hydrogen-bond donors (Lipinski definition) is 1. The van der Waals surface area contributed by atoms with Gasteiger partial charge in [0.1, 0.15) is 5.75 Å². The molecule has 0 saturated heterocycles. The molecule has 0 radical (unpaired) electrons. The van der Waals surface area contributed by atoms with Gasteiger partial charge in [-0.05, 0) is 24.3 Å². The Morgan fingerprint density at radius 1 is 1.12 bits per heavy atom. The molecule has 0 saturated carbocycles. The first-order valence-corrected chi connectivity index (χ1v) is 7.79. The largest absolute Gasteiger partial charge is 0.426 e. The van der Waals surface area contributed by atoms with Crippen LogP contribution >= 0.6 is 0 Å². The van der Waals surface area contributed by atoms with Crippen molar-refractivity contribution in [3.8, 4) is 5.75 Å². The van der Waals surface area contributed by atoms with Gasteiger partial charge < -0.3 is 4.74 Å². The van der Waals surface area contributed by atoms with Crippen molar-refractivity contribution in [1.29, 1.82) is 0 Å². The summed E-state index contributed by atoms with van der Waals surface area (Å²) in [6.07, 6.45) is 3.12. The molecule has 0 atom stereocenters. The first-order chi connectivity index (χ1) is 12.2. The fraction of sp³-hybridized carbons (Fsp3) is 0.111. The third kappa shape index (κ3) is 2.87. The predicted molar refractivity (Wildman–Crippen MR) is 92.3 cm³/mol. The Labute approximate surface area is 141 Å². The van der Waals surface area contributed by atoms with Gasteiger partial charge in [-0.15, -0.1) is 0 Å². The van der Waals surface area contributed by atoms with Crippen LogP contribution in [0.3, 0.4) is 0 Å². The monoisotopic (exact) mass is 334 g/mol. The molecule has 0 spiro atoms. The Bertz CT molecular complexity index is 1130. The van der Waals surface area contributed by atoms with E-state index in [2.05, 4.69) is 15.2 Å². The maximum atomic E-state index is 12.4. The molecule has 0 unspecified atom stereocenters. The number of nitrogens with zero attached hydrogens (tertiary/aromatic N) is 3. The second-order valence-electron chi connectivity index (χ2n) is 5.57. The number of aromatic amines is 1. The number of para-hydroxylation sites is 1. The molecule has 0 aliphatic heterocycles. The Hall–Kier alpha value is -3.48. The van der Waals surface area contributed by atoms with Crippen molar-refractivity contribution in [2.75, 3.05) is 0 Å². The van der Waals surface area contributed by atoms with Gasteiger partial charge in [0.15, 0.2) is 0 Å². The first-order valence-electron chi connectivity index (χ1n) is 7.79. The van der Waals surface area contributed by atoms with Gasteiger partial charge in [-0.3, -0.25) is 19.3 Å². The molecule has 2 aromatic carbocycles. The van der Waals surface area contributed by atoms with Gasteiger partial charge in [0, 0.05) is 6.54 Å². The average molecular weight is 334 g/mol. The van der Waals surface area contributed by atoms with Crippen LogP contribution in [-0.2, 0) is 11.3 Å². The summed E-state index contributed by atoms with van der Waals surface area (Å²) >= 11 is 0. The number of carbonyl (C=O) groups excluding carboxylic acids is 1. The SMILES string of the molecule is O=C(CCn1cnc2ccccc2c1=O)Oc1cccc2[nH]ncc12. The third-order valence-electron chi connectivity index (χ3n) is 3.96. The van der Waals surface area contributed by atoms with Crippen molar-refractivity contribution in [2.24, 2.45) is 0 Å². The van der Waals surface area contributed by atoms with Gasteiger partial charge in [-0.2, -0.15) is 5.10 Å². The molecule has 124 valence electrons. The van der Waals surface area contributed by atoms with Crippen LogP contribution in [0.25, 0.3) is 21.8 Å². The summed E-state index contributed by atoms with van der Waals surface area (Å²) in [4.78, 5) is 28.8. The van der Waals surface area contributed by atoms with E-state index in [1.165, 1.54) is 10.9 Å². The second kappa shape index (κ2) is 6.20. The van der Waals surface area contributed by atoms with Crippen LogP contribution in [0, 0.1) is 0 Å². The zero-order valence-electron chi connectivity index (χ0n) is 13.2. The molecular formula is C18H14N4O3. The lowest BCUT2D eigenvalue weighted by Gasteiger charge is -2.07. The first kappa shape index (κ1) is 15.1. The molecule has 7 nitrogen and oxygen atoms in total. The van der Waals surface area contributed by atoms with E-state index in [9.17, 15) is 9.59 Å². The highest BCUT2D eigenvalue weighted by molar-refractivity contribution is 5.87. The average Bonchev–Trinajstić information content (AvgIpc) is 3.11. The summed E-state index contributed by atoms with van der Waals surface area (Å²) in [5, 5.41) is 8.02. The normalized spacial score (nSPS) is 11.0. The summed E-state index contributed by atoms with van der Waals surface area (Å²) in [6, 6.07) is 12.4.